The number of alkyl halides is 1. The third-order valence-corrected chi connectivity index (χ3v) is 2.33. The molecule has 0 aliphatic heterocycles. The lowest BCUT2D eigenvalue weighted by Crippen LogP contribution is -2.05. The van der Waals surface area contributed by atoms with Crippen molar-refractivity contribution in [3.63, 3.8) is 0 Å². The summed E-state index contributed by atoms with van der Waals surface area (Å²) in [6.07, 6.45) is 0. The van der Waals surface area contributed by atoms with E-state index in [0.717, 1.165) is 6.07 Å². The predicted molar refractivity (Wildman–Crippen MR) is 50.4 cm³/mol. The summed E-state index contributed by atoms with van der Waals surface area (Å²) in [5.41, 5.74) is 0.0596. The van der Waals surface area contributed by atoms with Crippen LogP contribution < -0.4 is 0 Å². The van der Waals surface area contributed by atoms with Crippen molar-refractivity contribution < 1.29 is 9.18 Å². The van der Waals surface area contributed by atoms with E-state index in [9.17, 15) is 9.18 Å². The van der Waals surface area contributed by atoms with Gasteiger partial charge in [-0.3, -0.25) is 4.79 Å². The van der Waals surface area contributed by atoms with Crippen LogP contribution in [0.1, 0.15) is 23.4 Å². The summed E-state index contributed by atoms with van der Waals surface area (Å²) in [5.74, 6) is -0.967. The molecule has 0 aliphatic carbocycles. The summed E-state index contributed by atoms with van der Waals surface area (Å²) >= 11 is 5.73. The molecule has 72 valence electrons. The van der Waals surface area contributed by atoms with Gasteiger partial charge in [0.15, 0.2) is 5.78 Å². The molecule has 0 fully saturated rings. The van der Waals surface area contributed by atoms with Gasteiger partial charge in [0.2, 0.25) is 0 Å². The molecule has 0 N–H and O–H groups in total. The molecular formula is C10H7ClFNO. The van der Waals surface area contributed by atoms with Crippen LogP contribution in [0.3, 0.4) is 0 Å². The molecule has 14 heavy (non-hydrogen) atoms. The number of benzene rings is 1. The summed E-state index contributed by atoms with van der Waals surface area (Å²) in [5, 5.41) is 7.71. The number of carbonyl (C=O) groups is 1. The van der Waals surface area contributed by atoms with E-state index >= 15 is 0 Å². The molecule has 1 atom stereocenters. The Bertz CT molecular complexity index is 411. The first-order valence-electron chi connectivity index (χ1n) is 3.91. The molecule has 1 aromatic carbocycles. The van der Waals surface area contributed by atoms with Crippen molar-refractivity contribution in [2.24, 2.45) is 0 Å². The zero-order valence-electron chi connectivity index (χ0n) is 7.42. The van der Waals surface area contributed by atoms with Crippen molar-refractivity contribution in [1.29, 1.82) is 5.26 Å². The Morgan fingerprint density at radius 3 is 2.79 bits per heavy atom. The molecule has 4 heteroatoms. The van der Waals surface area contributed by atoms with Crippen molar-refractivity contribution in [3.8, 4) is 6.07 Å². The molecule has 0 heterocycles. The molecule has 2 nitrogen and oxygen atoms in total. The molecule has 0 spiro atoms. The zero-order valence-corrected chi connectivity index (χ0v) is 8.18. The number of hydrogen-bond donors (Lipinski definition) is 0. The maximum absolute atomic E-state index is 13.1. The number of ketones is 1. The molecule has 0 bridgehead atoms. The van der Waals surface area contributed by atoms with Crippen LogP contribution in [0.15, 0.2) is 18.2 Å². The van der Waals surface area contributed by atoms with Gasteiger partial charge in [-0.25, -0.2) is 4.39 Å². The van der Waals surface area contributed by atoms with Gasteiger partial charge in [0.1, 0.15) is 17.3 Å². The highest BCUT2D eigenvalue weighted by molar-refractivity contribution is 6.31. The fourth-order valence-electron chi connectivity index (χ4n) is 1.09. The first-order valence-corrected chi connectivity index (χ1v) is 4.34. The monoisotopic (exact) mass is 211 g/mol. The van der Waals surface area contributed by atoms with Gasteiger partial charge in [-0.1, -0.05) is 12.1 Å². The minimum Gasteiger partial charge on any atom is -0.298 e. The van der Waals surface area contributed by atoms with Gasteiger partial charge in [-0.15, -0.1) is 11.6 Å². The minimum atomic E-state index is -0.958. The largest absolute Gasteiger partial charge is 0.298 e. The van der Waals surface area contributed by atoms with Gasteiger partial charge in [-0.05, 0) is 18.6 Å². The summed E-state index contributed by atoms with van der Waals surface area (Å²) in [6.45, 7) is 1.30. The number of nitriles is 1. The van der Waals surface area contributed by atoms with Gasteiger partial charge < -0.3 is 0 Å². The van der Waals surface area contributed by atoms with Crippen LogP contribution in [0.25, 0.3) is 0 Å². The van der Waals surface area contributed by atoms with Gasteiger partial charge in [-0.2, -0.15) is 5.26 Å². The molecule has 1 aromatic rings. The highest BCUT2D eigenvalue weighted by Gasteiger charge is 2.18. The first-order chi connectivity index (χ1) is 6.57. The molecule has 0 aliphatic rings. The maximum Gasteiger partial charge on any atom is 0.152 e. The predicted octanol–water partition coefficient (Wildman–Crippen LogP) is 2.57. The lowest BCUT2D eigenvalue weighted by atomic mass is 10.0. The highest BCUT2D eigenvalue weighted by atomic mass is 35.5. The van der Waals surface area contributed by atoms with Gasteiger partial charge in [0, 0.05) is 0 Å². The van der Waals surface area contributed by atoms with E-state index < -0.39 is 11.2 Å². The Morgan fingerprint density at radius 2 is 2.29 bits per heavy atom. The van der Waals surface area contributed by atoms with Gasteiger partial charge in [0.25, 0.3) is 0 Å². The third-order valence-electron chi connectivity index (χ3n) is 1.79. The quantitative estimate of drug-likeness (QED) is 0.706. The van der Waals surface area contributed by atoms with E-state index in [1.807, 2.05) is 0 Å². The molecule has 1 rings (SSSR count). The number of carbonyl (C=O) groups excluding carboxylic acids is 1. The Balaban J connectivity index is 3.29. The van der Waals surface area contributed by atoms with Crippen molar-refractivity contribution in [2.75, 3.05) is 0 Å². The van der Waals surface area contributed by atoms with Crippen LogP contribution in [-0.4, -0.2) is 5.78 Å². The molecule has 0 saturated carbocycles. The second-order valence-electron chi connectivity index (χ2n) is 2.79. The molecule has 1 unspecified atom stereocenters. The normalized spacial score (nSPS) is 11.9. The highest BCUT2D eigenvalue weighted by Crippen LogP contribution is 2.25. The summed E-state index contributed by atoms with van der Waals surface area (Å²) < 4.78 is 13.1. The standard InChI is InChI=1S/C10H7ClFNO/c1-6(14)10(11)7-3-2-4-9(12)8(7)5-13/h2-4,10H,1H3. The number of Topliss-reactive ketones (excluding diaryl/α,β-unsaturated/α-hetero) is 1. The molecule has 0 radical (unpaired) electrons. The Labute approximate surface area is 85.9 Å². The fourth-order valence-corrected chi connectivity index (χ4v) is 1.27. The summed E-state index contributed by atoms with van der Waals surface area (Å²) in [4.78, 5) is 11.0. The first kappa shape index (κ1) is 10.7. The fraction of sp³-hybridized carbons (Fsp3) is 0.200. The second kappa shape index (κ2) is 4.21. The van der Waals surface area contributed by atoms with E-state index in [-0.39, 0.29) is 16.9 Å². The zero-order chi connectivity index (χ0) is 10.7. The topological polar surface area (TPSA) is 40.9 Å². The molecule has 0 aromatic heterocycles. The van der Waals surface area contributed by atoms with Gasteiger partial charge >= 0.3 is 0 Å². The maximum atomic E-state index is 13.1. The van der Waals surface area contributed by atoms with Crippen molar-refractivity contribution in [1.82, 2.24) is 0 Å². The van der Waals surface area contributed by atoms with Crippen molar-refractivity contribution in [2.45, 2.75) is 12.3 Å². The number of nitrogens with zero attached hydrogens (tertiary/aromatic N) is 1. The lowest BCUT2D eigenvalue weighted by Gasteiger charge is -2.07. The minimum absolute atomic E-state index is 0.164. The Hall–Kier alpha value is -1.40. The molecule has 0 saturated heterocycles. The molecular weight excluding hydrogens is 205 g/mol. The van der Waals surface area contributed by atoms with E-state index in [0.29, 0.717) is 0 Å². The Morgan fingerprint density at radius 1 is 1.64 bits per heavy atom. The number of halogens is 2. The van der Waals surface area contributed by atoms with Crippen LogP contribution in [0.4, 0.5) is 4.39 Å². The number of rotatable bonds is 2. The van der Waals surface area contributed by atoms with Crippen LogP contribution in [-0.2, 0) is 4.79 Å². The SMILES string of the molecule is CC(=O)C(Cl)c1cccc(F)c1C#N. The summed E-state index contributed by atoms with van der Waals surface area (Å²) in [7, 11) is 0. The van der Waals surface area contributed by atoms with Crippen LogP contribution >= 0.6 is 11.6 Å². The van der Waals surface area contributed by atoms with E-state index in [1.165, 1.54) is 19.1 Å². The average Bonchev–Trinajstić information content (AvgIpc) is 2.16. The van der Waals surface area contributed by atoms with Crippen LogP contribution in [0.5, 0.6) is 0 Å². The van der Waals surface area contributed by atoms with E-state index in [4.69, 9.17) is 16.9 Å². The van der Waals surface area contributed by atoms with E-state index in [1.54, 1.807) is 6.07 Å². The Kier molecular flexibility index (Phi) is 3.21. The molecule has 0 amide bonds. The van der Waals surface area contributed by atoms with Gasteiger partial charge in [0.05, 0.1) is 5.56 Å². The van der Waals surface area contributed by atoms with E-state index in [2.05, 4.69) is 0 Å². The smallest absolute Gasteiger partial charge is 0.152 e. The van der Waals surface area contributed by atoms with Crippen molar-refractivity contribution >= 4 is 17.4 Å². The second-order valence-corrected chi connectivity index (χ2v) is 3.23. The van der Waals surface area contributed by atoms with Crippen LogP contribution in [0, 0.1) is 17.1 Å². The van der Waals surface area contributed by atoms with Crippen molar-refractivity contribution in [3.05, 3.63) is 35.1 Å². The lowest BCUT2D eigenvalue weighted by molar-refractivity contribution is -0.116. The summed E-state index contributed by atoms with van der Waals surface area (Å²) in [6, 6.07) is 5.74. The number of hydrogen-bond acceptors (Lipinski definition) is 2. The third kappa shape index (κ3) is 1.91. The van der Waals surface area contributed by atoms with Crippen LogP contribution in [0.2, 0.25) is 0 Å². The average molecular weight is 212 g/mol.